The molecule has 2 unspecified atom stereocenters. The summed E-state index contributed by atoms with van der Waals surface area (Å²) in [5.74, 6) is 0.557. The molecule has 1 N–H and O–H groups in total. The third-order valence-corrected chi connectivity index (χ3v) is 4.43. The molecule has 1 aliphatic rings. The lowest BCUT2D eigenvalue weighted by molar-refractivity contribution is 0.405. The van der Waals surface area contributed by atoms with E-state index in [9.17, 15) is 0 Å². The minimum Gasteiger partial charge on any atom is -0.379 e. The summed E-state index contributed by atoms with van der Waals surface area (Å²) in [6.45, 7) is 0. The number of benzene rings is 1. The lowest BCUT2D eigenvalue weighted by Crippen LogP contribution is -2.30. The van der Waals surface area contributed by atoms with E-state index < -0.39 is 0 Å². The summed E-state index contributed by atoms with van der Waals surface area (Å²) < 4.78 is 0. The number of nitrogens with zero attached hydrogens (tertiary/aromatic N) is 1. The maximum absolute atomic E-state index is 6.23. The summed E-state index contributed by atoms with van der Waals surface area (Å²) in [5, 5.41) is 4.35. The van der Waals surface area contributed by atoms with E-state index in [0.717, 1.165) is 10.7 Å². The van der Waals surface area contributed by atoms with Crippen molar-refractivity contribution in [1.82, 2.24) is 4.98 Å². The van der Waals surface area contributed by atoms with Crippen LogP contribution < -0.4 is 5.32 Å². The van der Waals surface area contributed by atoms with Crippen LogP contribution in [0.15, 0.2) is 48.8 Å². The monoisotopic (exact) mass is 286 g/mol. The maximum atomic E-state index is 6.23. The third kappa shape index (κ3) is 2.96. The summed E-state index contributed by atoms with van der Waals surface area (Å²) in [6.07, 6.45) is 8.55. The van der Waals surface area contributed by atoms with E-state index >= 15 is 0 Å². The molecule has 0 amide bonds. The Morgan fingerprint density at radius 2 is 1.85 bits per heavy atom. The smallest absolute Gasteiger partial charge is 0.0718 e. The molecular formula is C17H19ClN2. The zero-order valence-electron chi connectivity index (χ0n) is 11.4. The van der Waals surface area contributed by atoms with Crippen molar-refractivity contribution < 1.29 is 0 Å². The first-order chi connectivity index (χ1) is 9.84. The van der Waals surface area contributed by atoms with Crippen molar-refractivity contribution in [3.63, 3.8) is 0 Å². The Morgan fingerprint density at radius 1 is 1.05 bits per heavy atom. The second kappa shape index (κ2) is 6.27. The first-order valence-electron chi connectivity index (χ1n) is 7.25. The zero-order chi connectivity index (χ0) is 13.8. The summed E-state index contributed by atoms with van der Waals surface area (Å²) >= 11 is 6.23. The van der Waals surface area contributed by atoms with Crippen LogP contribution >= 0.6 is 11.6 Å². The van der Waals surface area contributed by atoms with Crippen molar-refractivity contribution in [2.45, 2.75) is 37.6 Å². The SMILES string of the molecule is Clc1ccncc1NC1CCCCC1c1ccccc1. The summed E-state index contributed by atoms with van der Waals surface area (Å²) in [7, 11) is 0. The normalized spacial score (nSPS) is 22.4. The standard InChI is InChI=1S/C17H19ClN2/c18-15-10-11-19-12-17(15)20-16-9-5-4-8-14(16)13-6-2-1-3-7-13/h1-3,6-7,10-12,14,16,20H,4-5,8-9H2. The fourth-order valence-corrected chi connectivity index (χ4v) is 3.25. The number of anilines is 1. The van der Waals surface area contributed by atoms with Gasteiger partial charge in [0, 0.05) is 18.2 Å². The highest BCUT2D eigenvalue weighted by Gasteiger charge is 2.26. The van der Waals surface area contributed by atoms with E-state index in [1.165, 1.54) is 31.2 Å². The molecule has 104 valence electrons. The van der Waals surface area contributed by atoms with Gasteiger partial charge in [0.25, 0.3) is 0 Å². The van der Waals surface area contributed by atoms with Crippen LogP contribution in [-0.2, 0) is 0 Å². The predicted molar refractivity (Wildman–Crippen MR) is 84.3 cm³/mol. The Hall–Kier alpha value is -1.54. The zero-order valence-corrected chi connectivity index (χ0v) is 12.2. The molecule has 3 rings (SSSR count). The molecule has 2 atom stereocenters. The van der Waals surface area contributed by atoms with Crippen LogP contribution in [-0.4, -0.2) is 11.0 Å². The van der Waals surface area contributed by atoms with Gasteiger partial charge in [-0.05, 0) is 24.5 Å². The van der Waals surface area contributed by atoms with Crippen LogP contribution in [0.1, 0.15) is 37.2 Å². The highest BCUT2D eigenvalue weighted by Crippen LogP contribution is 2.35. The van der Waals surface area contributed by atoms with E-state index in [-0.39, 0.29) is 0 Å². The van der Waals surface area contributed by atoms with Crippen molar-refractivity contribution in [3.8, 4) is 0 Å². The molecule has 1 saturated carbocycles. The van der Waals surface area contributed by atoms with E-state index in [1.54, 1.807) is 6.20 Å². The minimum absolute atomic E-state index is 0.438. The number of pyridine rings is 1. The van der Waals surface area contributed by atoms with Gasteiger partial charge < -0.3 is 5.32 Å². The third-order valence-electron chi connectivity index (χ3n) is 4.10. The van der Waals surface area contributed by atoms with Crippen molar-refractivity contribution in [2.24, 2.45) is 0 Å². The predicted octanol–water partition coefficient (Wildman–Crippen LogP) is 4.87. The van der Waals surface area contributed by atoms with Gasteiger partial charge in [0.15, 0.2) is 0 Å². The van der Waals surface area contributed by atoms with Crippen LogP contribution in [0.2, 0.25) is 5.02 Å². The summed E-state index contributed by atoms with van der Waals surface area (Å²) in [4.78, 5) is 4.16. The second-order valence-electron chi connectivity index (χ2n) is 5.41. The van der Waals surface area contributed by atoms with Gasteiger partial charge >= 0.3 is 0 Å². The molecule has 2 nitrogen and oxygen atoms in total. The largest absolute Gasteiger partial charge is 0.379 e. The molecule has 0 bridgehead atoms. The van der Waals surface area contributed by atoms with E-state index in [0.29, 0.717) is 12.0 Å². The molecule has 0 saturated heterocycles. The maximum Gasteiger partial charge on any atom is 0.0718 e. The van der Waals surface area contributed by atoms with Gasteiger partial charge in [-0.15, -0.1) is 0 Å². The highest BCUT2D eigenvalue weighted by atomic mass is 35.5. The summed E-state index contributed by atoms with van der Waals surface area (Å²) in [5.41, 5.74) is 2.37. The van der Waals surface area contributed by atoms with Crippen LogP contribution in [0.5, 0.6) is 0 Å². The molecule has 1 aromatic heterocycles. The number of halogens is 1. The van der Waals surface area contributed by atoms with E-state index in [2.05, 4.69) is 40.6 Å². The number of nitrogens with one attached hydrogen (secondary N) is 1. The first-order valence-corrected chi connectivity index (χ1v) is 7.63. The number of aromatic nitrogens is 1. The Balaban J connectivity index is 1.81. The number of hydrogen-bond donors (Lipinski definition) is 1. The van der Waals surface area contributed by atoms with Gasteiger partial charge in [-0.25, -0.2) is 0 Å². The van der Waals surface area contributed by atoms with Crippen LogP contribution in [0.4, 0.5) is 5.69 Å². The Bertz CT molecular complexity index is 556. The number of rotatable bonds is 3. The molecule has 0 radical (unpaired) electrons. The van der Waals surface area contributed by atoms with Crippen LogP contribution in [0.25, 0.3) is 0 Å². The molecular weight excluding hydrogens is 268 g/mol. The Kier molecular flexibility index (Phi) is 4.22. The van der Waals surface area contributed by atoms with Crippen molar-refractivity contribution >= 4 is 17.3 Å². The Morgan fingerprint density at radius 3 is 2.65 bits per heavy atom. The van der Waals surface area contributed by atoms with Crippen LogP contribution in [0.3, 0.4) is 0 Å². The Labute approximate surface area is 125 Å². The molecule has 1 aromatic carbocycles. The van der Waals surface area contributed by atoms with Crippen molar-refractivity contribution in [2.75, 3.05) is 5.32 Å². The lowest BCUT2D eigenvalue weighted by Gasteiger charge is -2.33. The first kappa shape index (κ1) is 13.4. The topological polar surface area (TPSA) is 24.9 Å². The fraction of sp³-hybridized carbons (Fsp3) is 0.353. The molecule has 1 aliphatic carbocycles. The molecule has 20 heavy (non-hydrogen) atoms. The van der Waals surface area contributed by atoms with Gasteiger partial charge in [0.1, 0.15) is 0 Å². The van der Waals surface area contributed by atoms with E-state index in [1.807, 2.05) is 12.3 Å². The second-order valence-corrected chi connectivity index (χ2v) is 5.82. The number of hydrogen-bond acceptors (Lipinski definition) is 2. The van der Waals surface area contributed by atoms with Crippen molar-refractivity contribution in [1.29, 1.82) is 0 Å². The fourth-order valence-electron chi connectivity index (χ4n) is 3.09. The minimum atomic E-state index is 0.438. The van der Waals surface area contributed by atoms with Gasteiger partial charge in [-0.2, -0.15) is 0 Å². The highest BCUT2D eigenvalue weighted by molar-refractivity contribution is 6.33. The molecule has 1 heterocycles. The average Bonchev–Trinajstić information content (AvgIpc) is 2.51. The molecule has 2 aromatic rings. The molecule has 0 aliphatic heterocycles. The summed E-state index contributed by atoms with van der Waals surface area (Å²) in [6, 6.07) is 13.1. The van der Waals surface area contributed by atoms with E-state index in [4.69, 9.17) is 11.6 Å². The molecule has 3 heteroatoms. The average molecular weight is 287 g/mol. The molecule has 1 fully saturated rings. The van der Waals surface area contributed by atoms with Gasteiger partial charge in [-0.1, -0.05) is 54.8 Å². The van der Waals surface area contributed by atoms with Gasteiger partial charge in [0.05, 0.1) is 16.9 Å². The van der Waals surface area contributed by atoms with Gasteiger partial charge in [-0.3, -0.25) is 4.98 Å². The molecule has 0 spiro atoms. The van der Waals surface area contributed by atoms with Gasteiger partial charge in [0.2, 0.25) is 0 Å². The lowest BCUT2D eigenvalue weighted by atomic mass is 9.80. The van der Waals surface area contributed by atoms with Crippen LogP contribution in [0, 0.1) is 0 Å². The quantitative estimate of drug-likeness (QED) is 0.870. The van der Waals surface area contributed by atoms with Crippen molar-refractivity contribution in [3.05, 3.63) is 59.4 Å².